The highest BCUT2D eigenvalue weighted by Crippen LogP contribution is 2.33. The fourth-order valence-corrected chi connectivity index (χ4v) is 2.29. The van der Waals surface area contributed by atoms with Gasteiger partial charge in [0.1, 0.15) is 11.3 Å². The molecule has 1 heterocycles. The molecule has 80 valence electrons. The monoisotopic (exact) mass is 243 g/mol. The number of halogens is 2. The van der Waals surface area contributed by atoms with Crippen LogP contribution in [0.25, 0.3) is 11.0 Å². The van der Waals surface area contributed by atoms with Crippen molar-refractivity contribution in [1.29, 1.82) is 0 Å². The summed E-state index contributed by atoms with van der Waals surface area (Å²) < 4.78 is 5.67. The summed E-state index contributed by atoms with van der Waals surface area (Å²) in [7, 11) is 1.88. The third kappa shape index (κ3) is 1.85. The Hall–Kier alpha value is -0.700. The third-order valence-electron chi connectivity index (χ3n) is 2.38. The van der Waals surface area contributed by atoms with Crippen LogP contribution in [0.2, 0.25) is 10.0 Å². The topological polar surface area (TPSA) is 25.2 Å². The minimum Gasteiger partial charge on any atom is -0.459 e. The maximum absolute atomic E-state index is 6.12. The molecule has 1 N–H and O–H groups in total. The molecule has 2 aromatic rings. The van der Waals surface area contributed by atoms with E-state index in [1.165, 1.54) is 0 Å². The lowest BCUT2D eigenvalue weighted by molar-refractivity contribution is 0.527. The maximum atomic E-state index is 6.12. The lowest BCUT2D eigenvalue weighted by Gasteiger charge is -1.96. The molecule has 1 aromatic carbocycles. The second-order valence-corrected chi connectivity index (χ2v) is 4.28. The van der Waals surface area contributed by atoms with Gasteiger partial charge in [-0.05, 0) is 20.0 Å². The van der Waals surface area contributed by atoms with E-state index in [0.717, 1.165) is 22.3 Å². The van der Waals surface area contributed by atoms with Crippen LogP contribution in [-0.4, -0.2) is 7.05 Å². The Balaban J connectivity index is 2.70. The van der Waals surface area contributed by atoms with E-state index in [4.69, 9.17) is 27.6 Å². The Morgan fingerprint density at radius 1 is 1.33 bits per heavy atom. The summed E-state index contributed by atoms with van der Waals surface area (Å²) in [5, 5.41) is 5.23. The van der Waals surface area contributed by atoms with Gasteiger partial charge in [-0.3, -0.25) is 0 Å². The molecular formula is C11H11Cl2NO. The van der Waals surface area contributed by atoms with E-state index in [2.05, 4.69) is 5.32 Å². The smallest absolute Gasteiger partial charge is 0.137 e. The molecule has 0 bridgehead atoms. The molecule has 0 saturated heterocycles. The Morgan fingerprint density at radius 3 is 2.73 bits per heavy atom. The van der Waals surface area contributed by atoms with Crippen LogP contribution in [0.5, 0.6) is 0 Å². The first kappa shape index (κ1) is 10.8. The van der Waals surface area contributed by atoms with Crippen molar-refractivity contribution in [3.8, 4) is 0 Å². The number of fused-ring (bicyclic) bond motifs is 1. The number of rotatable bonds is 2. The molecule has 0 saturated carbocycles. The van der Waals surface area contributed by atoms with Crippen molar-refractivity contribution in [2.24, 2.45) is 0 Å². The van der Waals surface area contributed by atoms with Gasteiger partial charge in [-0.25, -0.2) is 0 Å². The first-order chi connectivity index (χ1) is 7.13. The quantitative estimate of drug-likeness (QED) is 0.869. The van der Waals surface area contributed by atoms with Crippen LogP contribution in [0.3, 0.4) is 0 Å². The SMILES string of the molecule is CNCc1oc2cc(Cl)cc(Cl)c2c1C. The number of aryl methyl sites for hydroxylation is 1. The van der Waals surface area contributed by atoms with E-state index in [1.54, 1.807) is 12.1 Å². The van der Waals surface area contributed by atoms with Gasteiger partial charge in [0.15, 0.2) is 0 Å². The Bertz CT molecular complexity index is 505. The molecule has 0 aliphatic carbocycles. The van der Waals surface area contributed by atoms with Crippen LogP contribution >= 0.6 is 23.2 Å². The van der Waals surface area contributed by atoms with E-state index in [9.17, 15) is 0 Å². The summed E-state index contributed by atoms with van der Waals surface area (Å²) in [6.07, 6.45) is 0. The molecule has 0 atom stereocenters. The van der Waals surface area contributed by atoms with Gasteiger partial charge in [-0.1, -0.05) is 23.2 Å². The van der Waals surface area contributed by atoms with E-state index < -0.39 is 0 Å². The number of hydrogen-bond donors (Lipinski definition) is 1. The minimum atomic E-state index is 0.595. The normalized spacial score (nSPS) is 11.2. The van der Waals surface area contributed by atoms with Crippen molar-refractivity contribution in [2.45, 2.75) is 13.5 Å². The van der Waals surface area contributed by atoms with Crippen molar-refractivity contribution in [2.75, 3.05) is 7.05 Å². The van der Waals surface area contributed by atoms with Gasteiger partial charge >= 0.3 is 0 Å². The van der Waals surface area contributed by atoms with E-state index in [0.29, 0.717) is 16.6 Å². The largest absolute Gasteiger partial charge is 0.459 e. The van der Waals surface area contributed by atoms with E-state index in [-0.39, 0.29) is 0 Å². The Morgan fingerprint density at radius 2 is 2.07 bits per heavy atom. The maximum Gasteiger partial charge on any atom is 0.137 e. The molecule has 2 nitrogen and oxygen atoms in total. The molecule has 0 aliphatic heterocycles. The predicted octanol–water partition coefficient (Wildman–Crippen LogP) is 3.77. The second-order valence-electron chi connectivity index (χ2n) is 3.44. The zero-order valence-electron chi connectivity index (χ0n) is 8.53. The molecule has 0 radical (unpaired) electrons. The minimum absolute atomic E-state index is 0.595. The molecule has 0 fully saturated rings. The van der Waals surface area contributed by atoms with Gasteiger partial charge in [-0.2, -0.15) is 0 Å². The van der Waals surface area contributed by atoms with Crippen molar-refractivity contribution in [1.82, 2.24) is 5.32 Å². The summed E-state index contributed by atoms with van der Waals surface area (Å²) in [4.78, 5) is 0. The van der Waals surface area contributed by atoms with Crippen LogP contribution in [-0.2, 0) is 6.54 Å². The summed E-state index contributed by atoms with van der Waals surface area (Å²) in [5.41, 5.74) is 1.82. The van der Waals surface area contributed by atoms with Gasteiger partial charge < -0.3 is 9.73 Å². The number of nitrogens with one attached hydrogen (secondary N) is 1. The number of furan rings is 1. The average Bonchev–Trinajstić information content (AvgIpc) is 2.43. The molecule has 0 amide bonds. The van der Waals surface area contributed by atoms with E-state index in [1.807, 2.05) is 14.0 Å². The van der Waals surface area contributed by atoms with Crippen molar-refractivity contribution in [3.63, 3.8) is 0 Å². The molecule has 4 heteroatoms. The average molecular weight is 244 g/mol. The molecule has 0 unspecified atom stereocenters. The van der Waals surface area contributed by atoms with Gasteiger partial charge in [-0.15, -0.1) is 0 Å². The highest BCUT2D eigenvalue weighted by molar-refractivity contribution is 6.38. The van der Waals surface area contributed by atoms with Gasteiger partial charge in [0.25, 0.3) is 0 Å². The fraction of sp³-hybridized carbons (Fsp3) is 0.273. The first-order valence-corrected chi connectivity index (χ1v) is 5.40. The zero-order valence-corrected chi connectivity index (χ0v) is 10.0. The highest BCUT2D eigenvalue weighted by atomic mass is 35.5. The van der Waals surface area contributed by atoms with Gasteiger partial charge in [0.05, 0.1) is 11.6 Å². The van der Waals surface area contributed by atoms with Crippen LogP contribution in [0.1, 0.15) is 11.3 Å². The first-order valence-electron chi connectivity index (χ1n) is 4.65. The zero-order chi connectivity index (χ0) is 11.0. The number of benzene rings is 1. The Kier molecular flexibility index (Phi) is 2.91. The summed E-state index contributed by atoms with van der Waals surface area (Å²) in [5.74, 6) is 0.900. The van der Waals surface area contributed by atoms with Crippen molar-refractivity contribution < 1.29 is 4.42 Å². The lowest BCUT2D eigenvalue weighted by atomic mass is 10.1. The van der Waals surface area contributed by atoms with Crippen LogP contribution < -0.4 is 5.32 Å². The Labute approximate surface area is 98.2 Å². The summed E-state index contributed by atoms with van der Waals surface area (Å²) in [6.45, 7) is 2.69. The molecular weight excluding hydrogens is 233 g/mol. The van der Waals surface area contributed by atoms with Gasteiger partial charge in [0.2, 0.25) is 0 Å². The van der Waals surface area contributed by atoms with Crippen molar-refractivity contribution >= 4 is 34.2 Å². The van der Waals surface area contributed by atoms with Crippen LogP contribution in [0, 0.1) is 6.92 Å². The molecule has 0 spiro atoms. The molecule has 2 rings (SSSR count). The van der Waals surface area contributed by atoms with Crippen LogP contribution in [0.4, 0.5) is 0 Å². The summed E-state index contributed by atoms with van der Waals surface area (Å²) >= 11 is 12.0. The van der Waals surface area contributed by atoms with Crippen LogP contribution in [0.15, 0.2) is 16.5 Å². The third-order valence-corrected chi connectivity index (χ3v) is 2.90. The van der Waals surface area contributed by atoms with Crippen molar-refractivity contribution in [3.05, 3.63) is 33.5 Å². The van der Waals surface area contributed by atoms with Gasteiger partial charge in [0, 0.05) is 22.0 Å². The summed E-state index contributed by atoms with van der Waals surface area (Å²) in [6, 6.07) is 3.52. The molecule has 0 aliphatic rings. The predicted molar refractivity (Wildman–Crippen MR) is 63.7 cm³/mol. The molecule has 1 aromatic heterocycles. The van der Waals surface area contributed by atoms with E-state index >= 15 is 0 Å². The molecule has 15 heavy (non-hydrogen) atoms. The fourth-order valence-electron chi connectivity index (χ4n) is 1.67. The highest BCUT2D eigenvalue weighted by Gasteiger charge is 2.13. The number of hydrogen-bond acceptors (Lipinski definition) is 2. The lowest BCUT2D eigenvalue weighted by Crippen LogP contribution is -2.04. The standard InChI is InChI=1S/C11H11Cl2NO/c1-6-10(5-14-2)15-9-4-7(12)3-8(13)11(6)9/h3-4,14H,5H2,1-2H3. The second kappa shape index (κ2) is 4.05.